The number of nitrogens with zero attached hydrogens (tertiary/aromatic N) is 2. The Morgan fingerprint density at radius 2 is 2.38 bits per heavy atom. The molecule has 0 radical (unpaired) electrons. The SMILES string of the molecule is CCN1C(=N)C(C#N)=CNS1(=O)=O. The zero-order valence-corrected chi connectivity index (χ0v) is 7.72. The Balaban J connectivity index is 3.18. The normalized spacial score (nSPS) is 20.2. The minimum atomic E-state index is -3.63. The molecule has 0 bridgehead atoms. The highest BCUT2D eigenvalue weighted by Gasteiger charge is 2.28. The van der Waals surface area contributed by atoms with Gasteiger partial charge in [0.2, 0.25) is 0 Å². The highest BCUT2D eigenvalue weighted by atomic mass is 32.2. The van der Waals surface area contributed by atoms with E-state index in [1.54, 1.807) is 13.0 Å². The average Bonchev–Trinajstić information content (AvgIpc) is 2.04. The van der Waals surface area contributed by atoms with Crippen LogP contribution in [0.4, 0.5) is 0 Å². The summed E-state index contributed by atoms with van der Waals surface area (Å²) >= 11 is 0. The van der Waals surface area contributed by atoms with Crippen LogP contribution in [-0.2, 0) is 10.2 Å². The molecule has 1 heterocycles. The van der Waals surface area contributed by atoms with Crippen LogP contribution in [0.15, 0.2) is 11.8 Å². The van der Waals surface area contributed by atoms with Crippen molar-refractivity contribution in [1.29, 1.82) is 10.7 Å². The molecule has 0 fully saturated rings. The smallest absolute Gasteiger partial charge is 0.283 e. The van der Waals surface area contributed by atoms with E-state index in [-0.39, 0.29) is 18.0 Å². The molecule has 0 aromatic carbocycles. The lowest BCUT2D eigenvalue weighted by atomic mass is 10.3. The number of nitrogens with one attached hydrogen (secondary N) is 2. The first kappa shape index (κ1) is 9.54. The molecule has 0 aliphatic carbocycles. The Kier molecular flexibility index (Phi) is 2.25. The number of hydrogen-bond acceptors (Lipinski definition) is 4. The summed E-state index contributed by atoms with van der Waals surface area (Å²) in [5.74, 6) is -0.288. The molecular formula is C6H8N4O2S. The largest absolute Gasteiger partial charge is 0.324 e. The summed E-state index contributed by atoms with van der Waals surface area (Å²) in [4.78, 5) is 0. The third-order valence-electron chi connectivity index (χ3n) is 1.55. The van der Waals surface area contributed by atoms with Crippen molar-refractivity contribution in [2.24, 2.45) is 0 Å². The summed E-state index contributed by atoms with van der Waals surface area (Å²) in [5.41, 5.74) is 0.0108. The van der Waals surface area contributed by atoms with Crippen molar-refractivity contribution in [3.05, 3.63) is 11.8 Å². The van der Waals surface area contributed by atoms with E-state index in [9.17, 15) is 8.42 Å². The molecule has 0 saturated carbocycles. The van der Waals surface area contributed by atoms with Crippen LogP contribution in [0.3, 0.4) is 0 Å². The predicted octanol–water partition coefficient (Wildman–Crippen LogP) is -0.459. The summed E-state index contributed by atoms with van der Waals surface area (Å²) in [6.45, 7) is 1.72. The zero-order chi connectivity index (χ0) is 10.1. The van der Waals surface area contributed by atoms with Crippen molar-refractivity contribution in [2.75, 3.05) is 6.54 Å². The van der Waals surface area contributed by atoms with E-state index in [1.165, 1.54) is 0 Å². The molecule has 6 nitrogen and oxygen atoms in total. The van der Waals surface area contributed by atoms with Crippen molar-refractivity contribution in [1.82, 2.24) is 9.03 Å². The van der Waals surface area contributed by atoms with Crippen molar-refractivity contribution in [3.8, 4) is 6.07 Å². The van der Waals surface area contributed by atoms with Crippen LogP contribution < -0.4 is 4.72 Å². The molecule has 1 aliphatic heterocycles. The maximum atomic E-state index is 11.2. The molecule has 0 atom stereocenters. The van der Waals surface area contributed by atoms with Gasteiger partial charge in [0, 0.05) is 12.7 Å². The van der Waals surface area contributed by atoms with Gasteiger partial charge in [-0.1, -0.05) is 0 Å². The second-order valence-electron chi connectivity index (χ2n) is 2.31. The Morgan fingerprint density at radius 3 is 2.85 bits per heavy atom. The van der Waals surface area contributed by atoms with Gasteiger partial charge in [0.15, 0.2) is 5.84 Å². The first-order valence-electron chi connectivity index (χ1n) is 3.52. The van der Waals surface area contributed by atoms with E-state index in [4.69, 9.17) is 10.7 Å². The summed E-state index contributed by atoms with van der Waals surface area (Å²) in [5, 5.41) is 15.9. The minimum absolute atomic E-state index is 0.0108. The molecule has 13 heavy (non-hydrogen) atoms. The zero-order valence-electron chi connectivity index (χ0n) is 6.90. The standard InChI is InChI=1S/C6H8N4O2S/c1-2-10-6(8)5(3-7)4-9-13(10,11)12/h4,8-9H,2H2,1H3. The Morgan fingerprint density at radius 1 is 1.77 bits per heavy atom. The number of likely N-dealkylation sites (N-methyl/N-ethyl adjacent to an activating group) is 1. The Labute approximate surface area is 76.2 Å². The van der Waals surface area contributed by atoms with Gasteiger partial charge in [-0.3, -0.25) is 10.1 Å². The molecule has 2 N–H and O–H groups in total. The fraction of sp³-hybridized carbons (Fsp3) is 0.333. The number of rotatable bonds is 1. The minimum Gasteiger partial charge on any atom is -0.283 e. The van der Waals surface area contributed by atoms with Gasteiger partial charge in [0.05, 0.1) is 0 Å². The van der Waals surface area contributed by atoms with Crippen molar-refractivity contribution >= 4 is 16.0 Å². The van der Waals surface area contributed by atoms with E-state index in [2.05, 4.69) is 4.72 Å². The molecular weight excluding hydrogens is 192 g/mol. The highest BCUT2D eigenvalue weighted by Crippen LogP contribution is 2.10. The summed E-state index contributed by atoms with van der Waals surface area (Å²) in [6.07, 6.45) is 1.02. The third kappa shape index (κ3) is 1.48. The van der Waals surface area contributed by atoms with E-state index in [0.29, 0.717) is 0 Å². The number of amidine groups is 1. The van der Waals surface area contributed by atoms with E-state index in [0.717, 1.165) is 10.5 Å². The van der Waals surface area contributed by atoms with Crippen LogP contribution in [0.5, 0.6) is 0 Å². The second-order valence-corrected chi connectivity index (χ2v) is 3.93. The highest BCUT2D eigenvalue weighted by molar-refractivity contribution is 7.87. The first-order chi connectivity index (χ1) is 6.03. The number of nitriles is 1. The van der Waals surface area contributed by atoms with Gasteiger partial charge in [-0.2, -0.15) is 13.7 Å². The van der Waals surface area contributed by atoms with Gasteiger partial charge >= 0.3 is 10.2 Å². The maximum absolute atomic E-state index is 11.2. The lowest BCUT2D eigenvalue weighted by Crippen LogP contribution is -2.46. The van der Waals surface area contributed by atoms with Gasteiger partial charge in [-0.05, 0) is 6.92 Å². The average molecular weight is 200 g/mol. The molecule has 0 aromatic heterocycles. The van der Waals surface area contributed by atoms with Crippen LogP contribution in [0.2, 0.25) is 0 Å². The monoisotopic (exact) mass is 200 g/mol. The lowest BCUT2D eigenvalue weighted by Gasteiger charge is -2.25. The molecule has 0 spiro atoms. The summed E-state index contributed by atoms with van der Waals surface area (Å²) < 4.78 is 25.3. The lowest BCUT2D eigenvalue weighted by molar-refractivity contribution is 0.521. The molecule has 70 valence electrons. The van der Waals surface area contributed by atoms with Crippen LogP contribution in [0.1, 0.15) is 6.92 Å². The van der Waals surface area contributed by atoms with Crippen LogP contribution in [0.25, 0.3) is 0 Å². The molecule has 1 aliphatic rings. The van der Waals surface area contributed by atoms with Gasteiger partial charge in [0.25, 0.3) is 0 Å². The van der Waals surface area contributed by atoms with Crippen LogP contribution in [0, 0.1) is 16.7 Å². The van der Waals surface area contributed by atoms with Crippen molar-refractivity contribution < 1.29 is 8.42 Å². The quantitative estimate of drug-likeness (QED) is 0.599. The molecule has 0 amide bonds. The fourth-order valence-electron chi connectivity index (χ4n) is 0.933. The fourth-order valence-corrected chi connectivity index (χ4v) is 2.01. The predicted molar refractivity (Wildman–Crippen MR) is 45.9 cm³/mol. The maximum Gasteiger partial charge on any atom is 0.324 e. The van der Waals surface area contributed by atoms with Gasteiger partial charge in [-0.25, -0.2) is 4.31 Å². The number of hydrogen-bond donors (Lipinski definition) is 2. The topological polar surface area (TPSA) is 97.1 Å². The summed E-state index contributed by atoms with van der Waals surface area (Å²) in [6, 6.07) is 1.72. The van der Waals surface area contributed by atoms with Gasteiger partial charge in [-0.15, -0.1) is 0 Å². The molecule has 0 aromatic rings. The van der Waals surface area contributed by atoms with Gasteiger partial charge in [0.1, 0.15) is 11.6 Å². The molecule has 7 heteroatoms. The first-order valence-corrected chi connectivity index (χ1v) is 4.96. The molecule has 1 rings (SSSR count). The Bertz CT molecular complexity index is 403. The van der Waals surface area contributed by atoms with E-state index >= 15 is 0 Å². The van der Waals surface area contributed by atoms with Crippen molar-refractivity contribution in [3.63, 3.8) is 0 Å². The van der Waals surface area contributed by atoms with Gasteiger partial charge < -0.3 is 0 Å². The summed E-state index contributed by atoms with van der Waals surface area (Å²) in [7, 11) is -3.63. The van der Waals surface area contributed by atoms with Crippen LogP contribution >= 0.6 is 0 Å². The van der Waals surface area contributed by atoms with E-state index in [1.807, 2.05) is 0 Å². The second kappa shape index (κ2) is 3.06. The Hall–Kier alpha value is -1.55. The van der Waals surface area contributed by atoms with Crippen LogP contribution in [-0.4, -0.2) is 25.1 Å². The van der Waals surface area contributed by atoms with E-state index < -0.39 is 10.2 Å². The molecule has 0 saturated heterocycles. The third-order valence-corrected chi connectivity index (χ3v) is 2.99. The molecule has 0 unspecified atom stereocenters. The van der Waals surface area contributed by atoms with Crippen molar-refractivity contribution in [2.45, 2.75) is 6.92 Å².